The van der Waals surface area contributed by atoms with Gasteiger partial charge in [-0.2, -0.15) is 4.31 Å². The molecule has 1 aromatic heterocycles. The molecule has 164 valence electrons. The van der Waals surface area contributed by atoms with Crippen LogP contribution in [-0.2, 0) is 10.0 Å². The standard InChI is InChI=1S/C22H23Cl2N3O2S2/c1-14-5-4-6-17(16(14)3)20-13-30-22(25-20)26-7-9-27(10-8-26)31(28,29)21-11-15(2)18(23)12-19(21)24/h4-6,11-13H,7-10H2,1-3H3. The number of hydrogen-bond acceptors (Lipinski definition) is 5. The fourth-order valence-electron chi connectivity index (χ4n) is 3.65. The number of hydrogen-bond donors (Lipinski definition) is 0. The lowest BCUT2D eigenvalue weighted by molar-refractivity contribution is 0.385. The van der Waals surface area contributed by atoms with Crippen LogP contribution in [0.3, 0.4) is 0 Å². The number of aromatic nitrogens is 1. The zero-order valence-electron chi connectivity index (χ0n) is 17.5. The zero-order chi connectivity index (χ0) is 22.3. The maximum atomic E-state index is 13.1. The molecule has 1 aliphatic heterocycles. The topological polar surface area (TPSA) is 53.5 Å². The number of thiazole rings is 1. The normalized spacial score (nSPS) is 15.5. The van der Waals surface area contributed by atoms with E-state index >= 15 is 0 Å². The molecule has 5 nitrogen and oxygen atoms in total. The van der Waals surface area contributed by atoms with E-state index < -0.39 is 10.0 Å². The van der Waals surface area contributed by atoms with E-state index in [2.05, 4.69) is 36.3 Å². The van der Waals surface area contributed by atoms with Gasteiger partial charge in [-0.05, 0) is 49.6 Å². The molecule has 1 fully saturated rings. The van der Waals surface area contributed by atoms with Gasteiger partial charge >= 0.3 is 0 Å². The molecular formula is C22H23Cl2N3O2S2. The zero-order valence-corrected chi connectivity index (χ0v) is 20.7. The summed E-state index contributed by atoms with van der Waals surface area (Å²) in [5.41, 5.74) is 5.24. The molecule has 1 aliphatic rings. The summed E-state index contributed by atoms with van der Waals surface area (Å²) in [6.45, 7) is 7.87. The molecule has 0 spiro atoms. The van der Waals surface area contributed by atoms with E-state index in [0.717, 1.165) is 16.4 Å². The summed E-state index contributed by atoms with van der Waals surface area (Å²) in [6.07, 6.45) is 0. The minimum absolute atomic E-state index is 0.107. The Bertz CT molecular complexity index is 1230. The van der Waals surface area contributed by atoms with Crippen molar-refractivity contribution in [3.05, 3.63) is 62.4 Å². The Morgan fingerprint density at radius 3 is 2.39 bits per heavy atom. The quantitative estimate of drug-likeness (QED) is 0.475. The largest absolute Gasteiger partial charge is 0.345 e. The molecule has 0 atom stereocenters. The molecule has 0 radical (unpaired) electrons. The van der Waals surface area contributed by atoms with E-state index in [0.29, 0.717) is 36.8 Å². The molecule has 9 heteroatoms. The fraction of sp³-hybridized carbons (Fsp3) is 0.318. The second-order valence-corrected chi connectivity index (χ2v) is 11.2. The van der Waals surface area contributed by atoms with Crippen LogP contribution >= 0.6 is 34.5 Å². The minimum atomic E-state index is -3.69. The number of sulfonamides is 1. The van der Waals surface area contributed by atoms with Crippen molar-refractivity contribution in [2.45, 2.75) is 25.7 Å². The number of halogens is 2. The van der Waals surface area contributed by atoms with Gasteiger partial charge in [-0.1, -0.05) is 41.4 Å². The Kier molecular flexibility index (Phi) is 6.34. The first kappa shape index (κ1) is 22.6. The molecule has 2 heterocycles. The first-order valence-corrected chi connectivity index (χ1v) is 13.0. The first-order chi connectivity index (χ1) is 14.7. The van der Waals surface area contributed by atoms with Crippen molar-refractivity contribution in [2.24, 2.45) is 0 Å². The van der Waals surface area contributed by atoms with E-state index in [1.165, 1.54) is 21.5 Å². The predicted molar refractivity (Wildman–Crippen MR) is 129 cm³/mol. The third-order valence-corrected chi connectivity index (χ3v) is 9.38. The van der Waals surface area contributed by atoms with Gasteiger partial charge in [0, 0.05) is 42.1 Å². The lowest BCUT2D eigenvalue weighted by Crippen LogP contribution is -2.48. The van der Waals surface area contributed by atoms with E-state index in [1.807, 2.05) is 6.07 Å². The molecule has 2 aromatic carbocycles. The molecule has 3 aromatic rings. The summed E-state index contributed by atoms with van der Waals surface area (Å²) < 4.78 is 27.8. The first-order valence-electron chi connectivity index (χ1n) is 9.91. The molecule has 0 aliphatic carbocycles. The van der Waals surface area contributed by atoms with Crippen LogP contribution in [0.4, 0.5) is 5.13 Å². The molecule has 31 heavy (non-hydrogen) atoms. The maximum absolute atomic E-state index is 13.1. The SMILES string of the molecule is Cc1cc(S(=O)(=O)N2CCN(c3nc(-c4cccc(C)c4C)cs3)CC2)c(Cl)cc1Cl. The monoisotopic (exact) mass is 495 g/mol. The van der Waals surface area contributed by atoms with E-state index in [1.54, 1.807) is 24.3 Å². The second-order valence-electron chi connectivity index (χ2n) is 7.69. The number of benzene rings is 2. The van der Waals surface area contributed by atoms with Gasteiger partial charge in [0.1, 0.15) is 4.90 Å². The van der Waals surface area contributed by atoms with E-state index in [-0.39, 0.29) is 9.92 Å². The summed E-state index contributed by atoms with van der Waals surface area (Å²) in [4.78, 5) is 7.07. The predicted octanol–water partition coefficient (Wildman–Crippen LogP) is 5.55. The minimum Gasteiger partial charge on any atom is -0.345 e. The highest BCUT2D eigenvalue weighted by molar-refractivity contribution is 7.89. The fourth-order valence-corrected chi connectivity index (χ4v) is 6.76. The number of nitrogens with zero attached hydrogens (tertiary/aromatic N) is 3. The Labute approximate surface area is 197 Å². The van der Waals surface area contributed by atoms with Crippen molar-refractivity contribution in [1.29, 1.82) is 0 Å². The van der Waals surface area contributed by atoms with Gasteiger partial charge in [0.2, 0.25) is 10.0 Å². The van der Waals surface area contributed by atoms with Crippen LogP contribution in [-0.4, -0.2) is 43.9 Å². The third-order valence-electron chi connectivity index (χ3n) is 5.71. The van der Waals surface area contributed by atoms with Crippen LogP contribution in [0.1, 0.15) is 16.7 Å². The summed E-state index contributed by atoms with van der Waals surface area (Å²) in [5, 5.41) is 3.58. The van der Waals surface area contributed by atoms with Gasteiger partial charge in [0.15, 0.2) is 5.13 Å². The second kappa shape index (κ2) is 8.71. The molecule has 0 amide bonds. The van der Waals surface area contributed by atoms with Crippen molar-refractivity contribution in [3.63, 3.8) is 0 Å². The smallest absolute Gasteiger partial charge is 0.244 e. The lowest BCUT2D eigenvalue weighted by Gasteiger charge is -2.34. The number of rotatable bonds is 4. The molecule has 0 saturated carbocycles. The van der Waals surface area contributed by atoms with Gasteiger partial charge in [-0.15, -0.1) is 11.3 Å². The molecule has 0 N–H and O–H groups in total. The van der Waals surface area contributed by atoms with Gasteiger partial charge in [0.05, 0.1) is 10.7 Å². The number of piperazine rings is 1. The average Bonchev–Trinajstić information content (AvgIpc) is 3.22. The average molecular weight is 496 g/mol. The molecule has 4 rings (SSSR count). The van der Waals surface area contributed by atoms with Crippen molar-refractivity contribution >= 4 is 49.7 Å². The van der Waals surface area contributed by atoms with Crippen molar-refractivity contribution in [1.82, 2.24) is 9.29 Å². The van der Waals surface area contributed by atoms with Crippen molar-refractivity contribution in [3.8, 4) is 11.3 Å². The lowest BCUT2D eigenvalue weighted by atomic mass is 10.0. The third kappa shape index (κ3) is 4.34. The highest BCUT2D eigenvalue weighted by Crippen LogP contribution is 2.33. The Morgan fingerprint density at radius 2 is 1.68 bits per heavy atom. The summed E-state index contributed by atoms with van der Waals surface area (Å²) in [6, 6.07) is 9.27. The van der Waals surface area contributed by atoms with Gasteiger partial charge in [-0.25, -0.2) is 13.4 Å². The van der Waals surface area contributed by atoms with Crippen LogP contribution in [0.25, 0.3) is 11.3 Å². The Balaban J connectivity index is 1.50. The van der Waals surface area contributed by atoms with Crippen molar-refractivity contribution in [2.75, 3.05) is 31.1 Å². The highest BCUT2D eigenvalue weighted by Gasteiger charge is 2.31. The summed E-state index contributed by atoms with van der Waals surface area (Å²) >= 11 is 13.9. The van der Waals surface area contributed by atoms with Crippen LogP contribution in [0, 0.1) is 20.8 Å². The maximum Gasteiger partial charge on any atom is 0.244 e. The number of anilines is 1. The van der Waals surface area contributed by atoms with E-state index in [9.17, 15) is 8.42 Å². The van der Waals surface area contributed by atoms with Crippen LogP contribution in [0.2, 0.25) is 10.0 Å². The Hall–Kier alpha value is -1.64. The summed E-state index contributed by atoms with van der Waals surface area (Å²) in [5.74, 6) is 0. The van der Waals surface area contributed by atoms with Crippen molar-refractivity contribution < 1.29 is 8.42 Å². The van der Waals surface area contributed by atoms with Crippen LogP contribution in [0.15, 0.2) is 40.6 Å². The molecule has 0 unspecified atom stereocenters. The molecule has 1 saturated heterocycles. The molecule has 0 bridgehead atoms. The van der Waals surface area contributed by atoms with Crippen LogP contribution in [0.5, 0.6) is 0 Å². The van der Waals surface area contributed by atoms with Gasteiger partial charge in [0.25, 0.3) is 0 Å². The molecular weight excluding hydrogens is 473 g/mol. The van der Waals surface area contributed by atoms with Gasteiger partial charge < -0.3 is 4.90 Å². The Morgan fingerprint density at radius 1 is 0.968 bits per heavy atom. The highest BCUT2D eigenvalue weighted by atomic mass is 35.5. The van der Waals surface area contributed by atoms with Crippen LogP contribution < -0.4 is 4.90 Å². The summed E-state index contributed by atoms with van der Waals surface area (Å²) in [7, 11) is -3.69. The van der Waals surface area contributed by atoms with Gasteiger partial charge in [-0.3, -0.25) is 0 Å². The number of aryl methyl sites for hydroxylation is 2. The van der Waals surface area contributed by atoms with E-state index in [4.69, 9.17) is 28.2 Å².